The summed E-state index contributed by atoms with van der Waals surface area (Å²) in [7, 11) is 0. The van der Waals surface area contributed by atoms with Crippen LogP contribution in [0.3, 0.4) is 0 Å². The first-order valence-corrected chi connectivity index (χ1v) is 9.10. The van der Waals surface area contributed by atoms with Crippen LogP contribution in [-0.4, -0.2) is 16.2 Å². The van der Waals surface area contributed by atoms with Gasteiger partial charge in [0.15, 0.2) is 0 Å². The van der Waals surface area contributed by atoms with Crippen molar-refractivity contribution in [3.05, 3.63) is 56.4 Å². The van der Waals surface area contributed by atoms with Crippen LogP contribution < -0.4 is 10.3 Å². The molecule has 3 aromatic rings. The third-order valence-corrected chi connectivity index (χ3v) is 5.02. The molecule has 0 spiro atoms. The number of unbranched alkanes of at least 4 members (excludes halogenated alkanes) is 1. The normalized spacial score (nSPS) is 11.1. The van der Waals surface area contributed by atoms with E-state index in [4.69, 9.17) is 16.3 Å². The molecule has 3 rings (SSSR count). The second-order valence-electron chi connectivity index (χ2n) is 5.70. The summed E-state index contributed by atoms with van der Waals surface area (Å²) in [5.41, 5.74) is 0.0560. The average molecular weight is 363 g/mol. The molecule has 0 fully saturated rings. The molecular formula is C18H19ClN2O2S. The molecule has 0 aliphatic carbocycles. The standard InChI is InChI=1S/C18H19ClN2O2S/c1-12-11-16-17(24-12)20-13(2)21(18(16)22)9-3-4-10-23-15-7-5-14(19)6-8-15/h5-8,11H,3-4,9-10H2,1-2H3. The van der Waals surface area contributed by atoms with Gasteiger partial charge in [0.05, 0.1) is 12.0 Å². The molecule has 0 aliphatic heterocycles. The van der Waals surface area contributed by atoms with Gasteiger partial charge in [0.25, 0.3) is 5.56 Å². The van der Waals surface area contributed by atoms with E-state index in [1.54, 1.807) is 15.9 Å². The van der Waals surface area contributed by atoms with Crippen LogP contribution in [0.15, 0.2) is 35.1 Å². The lowest BCUT2D eigenvalue weighted by Gasteiger charge is -2.10. The summed E-state index contributed by atoms with van der Waals surface area (Å²) < 4.78 is 7.43. The highest BCUT2D eigenvalue weighted by molar-refractivity contribution is 7.18. The third kappa shape index (κ3) is 3.79. The molecule has 6 heteroatoms. The Hall–Kier alpha value is -1.85. The van der Waals surface area contributed by atoms with Crippen molar-refractivity contribution >= 4 is 33.2 Å². The van der Waals surface area contributed by atoms with E-state index in [1.807, 2.05) is 44.2 Å². The van der Waals surface area contributed by atoms with Crippen molar-refractivity contribution in [3.8, 4) is 5.75 Å². The Bertz CT molecular complexity index is 900. The number of rotatable bonds is 6. The molecule has 0 amide bonds. The van der Waals surface area contributed by atoms with Gasteiger partial charge in [-0.25, -0.2) is 4.98 Å². The summed E-state index contributed by atoms with van der Waals surface area (Å²) in [5.74, 6) is 1.58. The Morgan fingerprint density at radius 1 is 1.21 bits per heavy atom. The smallest absolute Gasteiger partial charge is 0.262 e. The molecule has 0 bridgehead atoms. The lowest BCUT2D eigenvalue weighted by Crippen LogP contribution is -2.23. The Balaban J connectivity index is 1.57. The Kier molecular flexibility index (Phi) is 5.21. The number of fused-ring (bicyclic) bond motifs is 1. The number of hydrogen-bond donors (Lipinski definition) is 0. The molecule has 1 aromatic carbocycles. The summed E-state index contributed by atoms with van der Waals surface area (Å²) in [6.07, 6.45) is 1.74. The zero-order valence-electron chi connectivity index (χ0n) is 13.7. The van der Waals surface area contributed by atoms with Crippen LogP contribution in [0.1, 0.15) is 23.5 Å². The number of benzene rings is 1. The van der Waals surface area contributed by atoms with Gasteiger partial charge in [0, 0.05) is 16.4 Å². The third-order valence-electron chi connectivity index (χ3n) is 3.82. The van der Waals surface area contributed by atoms with Crippen LogP contribution in [-0.2, 0) is 6.54 Å². The average Bonchev–Trinajstić information content (AvgIpc) is 2.92. The zero-order valence-corrected chi connectivity index (χ0v) is 15.3. The van der Waals surface area contributed by atoms with E-state index < -0.39 is 0 Å². The van der Waals surface area contributed by atoms with Crippen LogP contribution in [0.4, 0.5) is 0 Å². The van der Waals surface area contributed by atoms with Gasteiger partial charge in [0.2, 0.25) is 0 Å². The van der Waals surface area contributed by atoms with E-state index in [2.05, 4.69) is 4.98 Å². The lowest BCUT2D eigenvalue weighted by atomic mass is 10.3. The van der Waals surface area contributed by atoms with E-state index >= 15 is 0 Å². The van der Waals surface area contributed by atoms with Gasteiger partial charge in [-0.2, -0.15) is 0 Å². The van der Waals surface area contributed by atoms with Gasteiger partial charge in [-0.3, -0.25) is 9.36 Å². The maximum absolute atomic E-state index is 12.6. The first-order valence-electron chi connectivity index (χ1n) is 7.90. The largest absolute Gasteiger partial charge is 0.494 e. The summed E-state index contributed by atoms with van der Waals surface area (Å²) in [6.45, 7) is 5.16. The van der Waals surface area contributed by atoms with E-state index in [9.17, 15) is 4.79 Å². The number of halogens is 1. The van der Waals surface area contributed by atoms with Gasteiger partial charge in [-0.1, -0.05) is 11.6 Å². The minimum absolute atomic E-state index is 0.0560. The molecule has 0 saturated heterocycles. The molecule has 0 N–H and O–H groups in total. The zero-order chi connectivity index (χ0) is 17.1. The predicted molar refractivity (Wildman–Crippen MR) is 99.5 cm³/mol. The molecule has 0 saturated carbocycles. The topological polar surface area (TPSA) is 44.1 Å². The Labute approximate surface area is 149 Å². The Morgan fingerprint density at radius 2 is 1.96 bits per heavy atom. The van der Waals surface area contributed by atoms with Crippen molar-refractivity contribution in [2.24, 2.45) is 0 Å². The van der Waals surface area contributed by atoms with Crippen LogP contribution in [0, 0.1) is 13.8 Å². The van der Waals surface area contributed by atoms with E-state index in [-0.39, 0.29) is 5.56 Å². The van der Waals surface area contributed by atoms with Crippen molar-refractivity contribution in [1.82, 2.24) is 9.55 Å². The van der Waals surface area contributed by atoms with E-state index in [0.29, 0.717) is 18.2 Å². The fourth-order valence-corrected chi connectivity index (χ4v) is 3.64. The Morgan fingerprint density at radius 3 is 2.71 bits per heavy atom. The molecule has 4 nitrogen and oxygen atoms in total. The number of thiophene rings is 1. The molecule has 126 valence electrons. The monoisotopic (exact) mass is 362 g/mol. The highest BCUT2D eigenvalue weighted by atomic mass is 35.5. The van der Waals surface area contributed by atoms with Crippen molar-refractivity contribution in [2.45, 2.75) is 33.2 Å². The molecule has 0 aliphatic rings. The molecular weight excluding hydrogens is 344 g/mol. The van der Waals surface area contributed by atoms with Crippen LogP contribution in [0.25, 0.3) is 10.2 Å². The molecule has 2 aromatic heterocycles. The number of aromatic nitrogens is 2. The summed E-state index contributed by atoms with van der Waals surface area (Å²) in [6, 6.07) is 9.25. The first kappa shape index (κ1) is 17.0. The summed E-state index contributed by atoms with van der Waals surface area (Å²) in [4.78, 5) is 19.1. The quantitative estimate of drug-likeness (QED) is 0.602. The first-order chi connectivity index (χ1) is 11.5. The predicted octanol–water partition coefficient (Wildman–Crippen LogP) is 4.59. The van der Waals surface area contributed by atoms with Crippen LogP contribution >= 0.6 is 22.9 Å². The van der Waals surface area contributed by atoms with Crippen molar-refractivity contribution in [2.75, 3.05) is 6.61 Å². The molecule has 0 atom stereocenters. The minimum Gasteiger partial charge on any atom is -0.494 e. The molecule has 24 heavy (non-hydrogen) atoms. The van der Waals surface area contributed by atoms with Gasteiger partial charge in [-0.15, -0.1) is 11.3 Å². The molecule has 0 unspecified atom stereocenters. The second kappa shape index (κ2) is 7.36. The van der Waals surface area contributed by atoms with Gasteiger partial charge in [0.1, 0.15) is 16.4 Å². The highest BCUT2D eigenvalue weighted by Gasteiger charge is 2.10. The lowest BCUT2D eigenvalue weighted by molar-refractivity contribution is 0.302. The van der Waals surface area contributed by atoms with Gasteiger partial charge < -0.3 is 4.74 Å². The van der Waals surface area contributed by atoms with Crippen molar-refractivity contribution in [1.29, 1.82) is 0 Å². The van der Waals surface area contributed by atoms with Gasteiger partial charge >= 0.3 is 0 Å². The number of nitrogens with zero attached hydrogens (tertiary/aromatic N) is 2. The van der Waals surface area contributed by atoms with Crippen LogP contribution in [0.5, 0.6) is 5.75 Å². The molecule has 0 radical (unpaired) electrons. The highest BCUT2D eigenvalue weighted by Crippen LogP contribution is 2.20. The number of hydrogen-bond acceptors (Lipinski definition) is 4. The second-order valence-corrected chi connectivity index (χ2v) is 7.37. The number of aryl methyl sites for hydroxylation is 2. The van der Waals surface area contributed by atoms with Gasteiger partial charge in [-0.05, 0) is 57.0 Å². The number of ether oxygens (including phenoxy) is 1. The maximum Gasteiger partial charge on any atom is 0.262 e. The van der Waals surface area contributed by atoms with Crippen molar-refractivity contribution in [3.63, 3.8) is 0 Å². The van der Waals surface area contributed by atoms with E-state index in [0.717, 1.165) is 39.5 Å². The summed E-state index contributed by atoms with van der Waals surface area (Å²) >= 11 is 7.41. The maximum atomic E-state index is 12.6. The van der Waals surface area contributed by atoms with E-state index in [1.165, 1.54) is 0 Å². The fraction of sp³-hybridized carbons (Fsp3) is 0.333. The summed E-state index contributed by atoms with van der Waals surface area (Å²) in [5, 5.41) is 1.42. The molecule has 2 heterocycles. The van der Waals surface area contributed by atoms with Crippen molar-refractivity contribution < 1.29 is 4.74 Å². The SMILES string of the molecule is Cc1cc2c(=O)n(CCCCOc3ccc(Cl)cc3)c(C)nc2s1. The fourth-order valence-electron chi connectivity index (χ4n) is 2.59. The van der Waals surface area contributed by atoms with Crippen LogP contribution in [0.2, 0.25) is 5.02 Å². The minimum atomic E-state index is 0.0560.